The van der Waals surface area contributed by atoms with E-state index in [2.05, 4.69) is 41.1 Å². The molecule has 2 heterocycles. The second-order valence-electron chi connectivity index (χ2n) is 4.28. The van der Waals surface area contributed by atoms with Gasteiger partial charge in [0.1, 0.15) is 0 Å². The van der Waals surface area contributed by atoms with Gasteiger partial charge in [0.05, 0.1) is 12.0 Å². The number of imidazole rings is 1. The zero-order valence-corrected chi connectivity index (χ0v) is 13.1. The van der Waals surface area contributed by atoms with Gasteiger partial charge in [-0.2, -0.15) is 11.8 Å². The molecule has 0 spiro atoms. The smallest absolute Gasteiger partial charge is 0.249 e. The van der Waals surface area contributed by atoms with E-state index >= 15 is 0 Å². The van der Waals surface area contributed by atoms with E-state index in [9.17, 15) is 0 Å². The molecule has 0 radical (unpaired) electrons. The summed E-state index contributed by atoms with van der Waals surface area (Å²) >= 11 is 1.82. The molecular weight excluding hydrogens is 290 g/mol. The van der Waals surface area contributed by atoms with Crippen LogP contribution in [0.25, 0.3) is 0 Å². The van der Waals surface area contributed by atoms with Crippen molar-refractivity contribution in [3.8, 4) is 0 Å². The van der Waals surface area contributed by atoms with Crippen LogP contribution in [0.5, 0.6) is 0 Å². The summed E-state index contributed by atoms with van der Waals surface area (Å²) in [4.78, 5) is 11.5. The zero-order chi connectivity index (χ0) is 15.1. The molecule has 10 heteroatoms. The maximum atomic E-state index is 4.27. The second kappa shape index (κ2) is 7.62. The molecule has 9 nitrogen and oxygen atoms in total. The lowest BCUT2D eigenvalue weighted by Gasteiger charge is -2.09. The number of anilines is 1. The van der Waals surface area contributed by atoms with E-state index in [0.717, 1.165) is 29.4 Å². The van der Waals surface area contributed by atoms with Crippen molar-refractivity contribution in [1.29, 1.82) is 0 Å². The summed E-state index contributed by atoms with van der Waals surface area (Å²) in [6.07, 6.45) is 1.73. The number of hydrogen-bond acceptors (Lipinski definition) is 6. The lowest BCUT2D eigenvalue weighted by atomic mass is 10.4. The number of aromatic amines is 1. The van der Waals surface area contributed by atoms with Crippen molar-refractivity contribution in [2.45, 2.75) is 12.7 Å². The second-order valence-corrected chi connectivity index (χ2v) is 5.38. The summed E-state index contributed by atoms with van der Waals surface area (Å²) in [5.74, 6) is 3.03. The maximum Gasteiger partial charge on any atom is 0.249 e. The highest BCUT2D eigenvalue weighted by molar-refractivity contribution is 7.98. The van der Waals surface area contributed by atoms with Crippen molar-refractivity contribution in [3.05, 3.63) is 17.7 Å². The molecule has 0 saturated carbocycles. The number of aliphatic imine (C=N–C) groups is 1. The monoisotopic (exact) mass is 309 g/mol. The van der Waals surface area contributed by atoms with E-state index in [1.807, 2.05) is 18.7 Å². The molecule has 0 saturated heterocycles. The normalized spacial score (nSPS) is 11.7. The van der Waals surface area contributed by atoms with Gasteiger partial charge in [0.2, 0.25) is 5.95 Å². The van der Waals surface area contributed by atoms with Gasteiger partial charge in [-0.15, -0.1) is 0 Å². The highest BCUT2D eigenvalue weighted by atomic mass is 32.2. The fourth-order valence-electron chi connectivity index (χ4n) is 1.56. The molecule has 0 aliphatic rings. The third kappa shape index (κ3) is 4.45. The van der Waals surface area contributed by atoms with Crippen molar-refractivity contribution in [2.75, 3.05) is 24.7 Å². The van der Waals surface area contributed by atoms with Crippen LogP contribution in [0.1, 0.15) is 11.4 Å². The van der Waals surface area contributed by atoms with Crippen LogP contribution in [0, 0.1) is 6.92 Å². The number of thioether (sulfide) groups is 1. The molecule has 114 valence electrons. The van der Waals surface area contributed by atoms with Crippen LogP contribution in [0.15, 0.2) is 11.3 Å². The Morgan fingerprint density at radius 2 is 2.38 bits per heavy atom. The summed E-state index contributed by atoms with van der Waals surface area (Å²) in [6.45, 7) is 2.82. The summed E-state index contributed by atoms with van der Waals surface area (Å²) in [7, 11) is 3.47. The molecule has 0 atom stereocenters. The number of guanidine groups is 1. The molecule has 2 aromatic heterocycles. The van der Waals surface area contributed by atoms with E-state index in [4.69, 9.17) is 0 Å². The van der Waals surface area contributed by atoms with Crippen molar-refractivity contribution in [3.63, 3.8) is 0 Å². The molecule has 0 amide bonds. The quantitative estimate of drug-likeness (QED) is 0.396. The molecule has 0 unspecified atom stereocenters. The Hall–Kier alpha value is -2.10. The van der Waals surface area contributed by atoms with E-state index < -0.39 is 0 Å². The largest absolute Gasteiger partial charge is 0.355 e. The molecule has 0 fully saturated rings. The predicted octanol–water partition coefficient (Wildman–Crippen LogP) is 0.162. The Balaban J connectivity index is 1.67. The Morgan fingerprint density at radius 3 is 3.00 bits per heavy atom. The Kier molecular flexibility index (Phi) is 5.55. The van der Waals surface area contributed by atoms with Gasteiger partial charge in [-0.05, 0) is 17.4 Å². The van der Waals surface area contributed by atoms with Gasteiger partial charge in [0, 0.05) is 37.8 Å². The first-order valence-electron chi connectivity index (χ1n) is 6.47. The van der Waals surface area contributed by atoms with Gasteiger partial charge in [-0.25, -0.2) is 9.67 Å². The van der Waals surface area contributed by atoms with Crippen LogP contribution in [0.4, 0.5) is 5.95 Å². The van der Waals surface area contributed by atoms with Gasteiger partial charge in [-0.3, -0.25) is 10.3 Å². The molecule has 2 rings (SSSR count). The van der Waals surface area contributed by atoms with Crippen LogP contribution in [0.2, 0.25) is 0 Å². The summed E-state index contributed by atoms with van der Waals surface area (Å²) in [5, 5.41) is 17.4. The highest BCUT2D eigenvalue weighted by Gasteiger charge is 2.05. The molecular formula is C11H19N9S. The number of aromatic nitrogens is 6. The predicted molar refractivity (Wildman–Crippen MR) is 83.3 cm³/mol. The Morgan fingerprint density at radius 1 is 1.52 bits per heavy atom. The summed E-state index contributed by atoms with van der Waals surface area (Å²) < 4.78 is 1.54. The van der Waals surface area contributed by atoms with Gasteiger partial charge in [0.25, 0.3) is 0 Å². The number of hydrogen-bond donors (Lipinski definition) is 3. The fraction of sp³-hybridized carbons (Fsp3) is 0.545. The van der Waals surface area contributed by atoms with Crippen molar-refractivity contribution >= 4 is 23.7 Å². The highest BCUT2D eigenvalue weighted by Crippen LogP contribution is 2.11. The number of H-pyrrole nitrogens is 1. The van der Waals surface area contributed by atoms with Crippen LogP contribution in [-0.2, 0) is 12.8 Å². The molecule has 0 aliphatic carbocycles. The van der Waals surface area contributed by atoms with Gasteiger partial charge >= 0.3 is 0 Å². The van der Waals surface area contributed by atoms with E-state index in [1.165, 1.54) is 0 Å². The third-order valence-corrected chi connectivity index (χ3v) is 3.76. The van der Waals surface area contributed by atoms with E-state index in [-0.39, 0.29) is 0 Å². The summed E-state index contributed by atoms with van der Waals surface area (Å²) in [5.41, 5.74) is 2.23. The first-order valence-corrected chi connectivity index (χ1v) is 7.62. The van der Waals surface area contributed by atoms with Gasteiger partial charge in [-0.1, -0.05) is 5.10 Å². The molecule has 0 aromatic carbocycles. The zero-order valence-electron chi connectivity index (χ0n) is 12.3. The fourth-order valence-corrected chi connectivity index (χ4v) is 2.44. The topological polar surface area (TPSA) is 109 Å². The number of aryl methyl sites for hydroxylation is 2. The summed E-state index contributed by atoms with van der Waals surface area (Å²) in [6, 6.07) is 0. The van der Waals surface area contributed by atoms with Gasteiger partial charge in [0.15, 0.2) is 5.96 Å². The molecule has 3 N–H and O–H groups in total. The van der Waals surface area contributed by atoms with Crippen molar-refractivity contribution < 1.29 is 0 Å². The number of nitrogens with zero attached hydrogens (tertiary/aromatic N) is 6. The maximum absolute atomic E-state index is 4.27. The first-order chi connectivity index (χ1) is 10.2. The van der Waals surface area contributed by atoms with E-state index in [0.29, 0.717) is 11.9 Å². The number of rotatable bonds is 6. The van der Waals surface area contributed by atoms with E-state index in [1.54, 1.807) is 25.1 Å². The van der Waals surface area contributed by atoms with Crippen LogP contribution in [-0.4, -0.2) is 55.5 Å². The average Bonchev–Trinajstić information content (AvgIpc) is 3.06. The van der Waals surface area contributed by atoms with Crippen LogP contribution < -0.4 is 10.6 Å². The third-order valence-electron chi connectivity index (χ3n) is 2.79. The van der Waals surface area contributed by atoms with Crippen molar-refractivity contribution in [1.82, 2.24) is 35.5 Å². The van der Waals surface area contributed by atoms with Crippen LogP contribution in [0.3, 0.4) is 0 Å². The minimum absolute atomic E-state index is 0.544. The van der Waals surface area contributed by atoms with Crippen LogP contribution >= 0.6 is 11.8 Å². The lowest BCUT2D eigenvalue weighted by Crippen LogP contribution is -2.33. The molecule has 0 aliphatic heterocycles. The lowest BCUT2D eigenvalue weighted by molar-refractivity contribution is 0.715. The number of tetrazole rings is 1. The Labute approximate surface area is 127 Å². The molecule has 21 heavy (non-hydrogen) atoms. The SMILES string of the molecule is CN=C(NCCSCc1nc[nH]c1C)Nc1nnnn1C. The van der Waals surface area contributed by atoms with Crippen molar-refractivity contribution in [2.24, 2.45) is 12.0 Å². The number of nitrogens with one attached hydrogen (secondary N) is 3. The molecule has 0 bridgehead atoms. The first kappa shape index (κ1) is 15.3. The average molecular weight is 309 g/mol. The minimum Gasteiger partial charge on any atom is -0.355 e. The van der Waals surface area contributed by atoms with Gasteiger partial charge < -0.3 is 10.3 Å². The Bertz CT molecular complexity index is 588. The minimum atomic E-state index is 0.544. The molecule has 2 aromatic rings. The standard InChI is InChI=1S/C11H19N9S/c1-8-9(15-7-14-8)6-21-5-4-13-10(12-2)16-11-17-18-19-20(11)3/h7H,4-6H2,1-3H3,(H,14,15)(H2,12,13,16,17,19).